The molecular weight excluding hydrogens is 314 g/mol. The Morgan fingerprint density at radius 2 is 2.00 bits per heavy atom. The average Bonchev–Trinajstić information content (AvgIpc) is 2.78. The van der Waals surface area contributed by atoms with Gasteiger partial charge in [0.25, 0.3) is 0 Å². The average molecular weight is 328 g/mol. The van der Waals surface area contributed by atoms with Crippen LogP contribution in [0.25, 0.3) is 10.9 Å². The first-order valence-electron chi connectivity index (χ1n) is 6.47. The van der Waals surface area contributed by atoms with Gasteiger partial charge < -0.3 is 4.57 Å². The number of aromatic nitrogens is 1. The van der Waals surface area contributed by atoms with Crippen LogP contribution < -0.4 is 0 Å². The summed E-state index contributed by atoms with van der Waals surface area (Å²) in [6, 6.07) is 14.4. The highest BCUT2D eigenvalue weighted by atomic mass is 79.9. The Bertz CT molecular complexity index is 789. The van der Waals surface area contributed by atoms with Crippen LogP contribution in [0, 0.1) is 6.92 Å². The van der Waals surface area contributed by atoms with E-state index in [4.69, 9.17) is 0 Å². The molecule has 0 spiro atoms. The highest BCUT2D eigenvalue weighted by Crippen LogP contribution is 2.25. The highest BCUT2D eigenvalue weighted by molar-refractivity contribution is 9.10. The molecule has 0 aliphatic heterocycles. The molecule has 3 heteroatoms. The molecular formula is C17H14BrNO. The van der Waals surface area contributed by atoms with Crippen LogP contribution >= 0.6 is 15.9 Å². The lowest BCUT2D eigenvalue weighted by atomic mass is 10.1. The van der Waals surface area contributed by atoms with Crippen molar-refractivity contribution in [2.45, 2.75) is 13.5 Å². The molecule has 0 saturated carbocycles. The van der Waals surface area contributed by atoms with Gasteiger partial charge in [0, 0.05) is 33.7 Å². The van der Waals surface area contributed by atoms with E-state index in [1.54, 1.807) is 0 Å². The fourth-order valence-corrected chi connectivity index (χ4v) is 2.85. The quantitative estimate of drug-likeness (QED) is 0.646. The Hall–Kier alpha value is -1.87. The first kappa shape index (κ1) is 13.1. The smallest absolute Gasteiger partial charge is 0.152 e. The minimum Gasteiger partial charge on any atom is -0.342 e. The van der Waals surface area contributed by atoms with Gasteiger partial charge in [-0.3, -0.25) is 4.79 Å². The van der Waals surface area contributed by atoms with Crippen molar-refractivity contribution in [3.63, 3.8) is 0 Å². The predicted molar refractivity (Wildman–Crippen MR) is 85.3 cm³/mol. The van der Waals surface area contributed by atoms with Gasteiger partial charge in [-0.1, -0.05) is 40.2 Å². The zero-order valence-electron chi connectivity index (χ0n) is 11.1. The molecule has 100 valence electrons. The van der Waals surface area contributed by atoms with Gasteiger partial charge in [0.15, 0.2) is 6.29 Å². The maximum Gasteiger partial charge on any atom is 0.152 e. The molecule has 2 nitrogen and oxygen atoms in total. The molecule has 0 fully saturated rings. The van der Waals surface area contributed by atoms with Gasteiger partial charge >= 0.3 is 0 Å². The van der Waals surface area contributed by atoms with E-state index in [0.717, 1.165) is 33.8 Å². The maximum atomic E-state index is 11.2. The number of aryl methyl sites for hydroxylation is 1. The van der Waals surface area contributed by atoms with Gasteiger partial charge in [0.1, 0.15) is 0 Å². The van der Waals surface area contributed by atoms with Crippen LogP contribution in [-0.2, 0) is 6.54 Å². The van der Waals surface area contributed by atoms with Gasteiger partial charge in [-0.15, -0.1) is 0 Å². The lowest BCUT2D eigenvalue weighted by Crippen LogP contribution is -1.99. The molecule has 0 atom stereocenters. The standard InChI is InChI=1S/C17H14BrNO/c1-12-4-2-3-5-13(12)9-19-10-14(11-20)16-8-15(18)6-7-17(16)19/h2-8,10-11H,9H2,1H3. The van der Waals surface area contributed by atoms with Crippen LogP contribution in [0.2, 0.25) is 0 Å². The minimum absolute atomic E-state index is 0.731. The molecule has 0 N–H and O–H groups in total. The van der Waals surface area contributed by atoms with Gasteiger partial charge in [0.05, 0.1) is 0 Å². The van der Waals surface area contributed by atoms with Gasteiger partial charge in [0.2, 0.25) is 0 Å². The van der Waals surface area contributed by atoms with Crippen molar-refractivity contribution in [3.05, 3.63) is 69.8 Å². The van der Waals surface area contributed by atoms with Crippen molar-refractivity contribution in [1.82, 2.24) is 4.57 Å². The third-order valence-corrected chi connectivity index (χ3v) is 4.10. The second-order valence-corrected chi connectivity index (χ2v) is 5.83. The van der Waals surface area contributed by atoms with E-state index in [9.17, 15) is 4.79 Å². The number of benzene rings is 2. The Balaban J connectivity index is 2.13. The summed E-state index contributed by atoms with van der Waals surface area (Å²) in [5.41, 5.74) is 4.34. The van der Waals surface area contributed by atoms with E-state index >= 15 is 0 Å². The summed E-state index contributed by atoms with van der Waals surface area (Å²) in [5.74, 6) is 0. The molecule has 0 bridgehead atoms. The number of fused-ring (bicyclic) bond motifs is 1. The van der Waals surface area contributed by atoms with Crippen molar-refractivity contribution in [2.24, 2.45) is 0 Å². The van der Waals surface area contributed by atoms with Crippen molar-refractivity contribution in [2.75, 3.05) is 0 Å². The summed E-state index contributed by atoms with van der Waals surface area (Å²) in [7, 11) is 0. The monoisotopic (exact) mass is 327 g/mol. The first-order chi connectivity index (χ1) is 9.69. The van der Waals surface area contributed by atoms with Crippen molar-refractivity contribution in [1.29, 1.82) is 0 Å². The molecule has 0 saturated heterocycles. The fourth-order valence-electron chi connectivity index (χ4n) is 2.49. The van der Waals surface area contributed by atoms with Crippen molar-refractivity contribution < 1.29 is 4.79 Å². The number of aldehydes is 1. The highest BCUT2D eigenvalue weighted by Gasteiger charge is 2.09. The van der Waals surface area contributed by atoms with E-state index in [0.29, 0.717) is 0 Å². The molecule has 0 unspecified atom stereocenters. The van der Waals surface area contributed by atoms with Gasteiger partial charge in [-0.25, -0.2) is 0 Å². The summed E-state index contributed by atoms with van der Waals surface area (Å²) in [5, 5.41) is 0.989. The van der Waals surface area contributed by atoms with Gasteiger partial charge in [-0.2, -0.15) is 0 Å². The lowest BCUT2D eigenvalue weighted by Gasteiger charge is -2.08. The molecule has 3 aromatic rings. The van der Waals surface area contributed by atoms with Crippen LogP contribution in [0.3, 0.4) is 0 Å². The number of carbonyl (C=O) groups excluding carboxylic acids is 1. The summed E-state index contributed by atoms with van der Waals surface area (Å²) < 4.78 is 3.12. The minimum atomic E-state index is 0.731. The fraction of sp³-hybridized carbons (Fsp3) is 0.118. The number of nitrogens with zero attached hydrogens (tertiary/aromatic N) is 1. The molecule has 0 amide bonds. The molecule has 0 aliphatic carbocycles. The molecule has 20 heavy (non-hydrogen) atoms. The number of hydrogen-bond acceptors (Lipinski definition) is 1. The molecule has 2 aromatic carbocycles. The van der Waals surface area contributed by atoms with Crippen LogP contribution in [0.4, 0.5) is 0 Å². The third-order valence-electron chi connectivity index (χ3n) is 3.60. The van der Waals surface area contributed by atoms with Crippen molar-refractivity contribution in [3.8, 4) is 0 Å². The zero-order valence-corrected chi connectivity index (χ0v) is 12.7. The summed E-state index contributed by atoms with van der Waals surface area (Å²) in [4.78, 5) is 11.2. The Labute approximate surface area is 126 Å². The van der Waals surface area contributed by atoms with Crippen LogP contribution in [0.5, 0.6) is 0 Å². The first-order valence-corrected chi connectivity index (χ1v) is 7.26. The topological polar surface area (TPSA) is 22.0 Å². The molecule has 0 radical (unpaired) electrons. The molecule has 1 aromatic heterocycles. The van der Waals surface area contributed by atoms with E-state index in [2.05, 4.69) is 39.6 Å². The third kappa shape index (κ3) is 2.29. The Kier molecular flexibility index (Phi) is 3.45. The number of halogens is 1. The van der Waals surface area contributed by atoms with Gasteiger partial charge in [-0.05, 0) is 36.2 Å². The summed E-state index contributed by atoms with van der Waals surface area (Å²) in [6.45, 7) is 2.89. The zero-order chi connectivity index (χ0) is 14.1. The second kappa shape index (κ2) is 5.25. The maximum absolute atomic E-state index is 11.2. The second-order valence-electron chi connectivity index (χ2n) is 4.92. The van der Waals surface area contributed by atoms with Crippen molar-refractivity contribution >= 4 is 33.1 Å². The number of hydrogen-bond donors (Lipinski definition) is 0. The molecule has 3 rings (SSSR count). The van der Waals surface area contributed by atoms with Crippen LogP contribution in [0.1, 0.15) is 21.5 Å². The SMILES string of the molecule is Cc1ccccc1Cn1cc(C=O)c2cc(Br)ccc21. The summed E-state index contributed by atoms with van der Waals surface area (Å²) in [6.07, 6.45) is 2.85. The van der Waals surface area contributed by atoms with Crippen LogP contribution in [0.15, 0.2) is 53.1 Å². The van der Waals surface area contributed by atoms with E-state index < -0.39 is 0 Å². The number of carbonyl (C=O) groups is 1. The van der Waals surface area contributed by atoms with E-state index in [1.807, 2.05) is 36.5 Å². The normalized spacial score (nSPS) is 10.9. The predicted octanol–water partition coefficient (Wildman–Crippen LogP) is 4.57. The Morgan fingerprint density at radius 3 is 2.75 bits per heavy atom. The number of rotatable bonds is 3. The van der Waals surface area contributed by atoms with Crippen LogP contribution in [-0.4, -0.2) is 10.9 Å². The van der Waals surface area contributed by atoms with E-state index in [1.165, 1.54) is 11.1 Å². The largest absolute Gasteiger partial charge is 0.342 e. The van der Waals surface area contributed by atoms with E-state index in [-0.39, 0.29) is 0 Å². The Morgan fingerprint density at radius 1 is 1.20 bits per heavy atom. The lowest BCUT2D eigenvalue weighted by molar-refractivity contribution is 0.112. The molecule has 0 aliphatic rings. The summed E-state index contributed by atoms with van der Waals surface area (Å²) >= 11 is 3.46. The molecule has 1 heterocycles.